The molecule has 3 amide bonds. The van der Waals surface area contributed by atoms with Gasteiger partial charge in [0.1, 0.15) is 0 Å². The van der Waals surface area contributed by atoms with Gasteiger partial charge in [-0.05, 0) is 0 Å². The molecule has 0 N–H and O–H groups in total. The molecule has 0 rings (SSSR count). The van der Waals surface area contributed by atoms with Gasteiger partial charge in [0.05, 0.1) is 0 Å². The molecule has 0 aliphatic rings. The maximum atomic E-state index is 10.1. The van der Waals surface area contributed by atoms with Gasteiger partial charge < -0.3 is 14.7 Å². The van der Waals surface area contributed by atoms with Crippen LogP contribution in [0.15, 0.2) is 8.94 Å². The molecule has 0 saturated carbocycles. The maximum absolute atomic E-state index is 10.1. The van der Waals surface area contributed by atoms with Gasteiger partial charge >= 0.3 is 83.4 Å². The number of isothiocyanates is 3. The zero-order chi connectivity index (χ0) is 23.3. The Morgan fingerprint density at radius 3 is 0.821 bits per heavy atom. The Kier molecular flexibility index (Phi) is 29.0. The average molecular weight is 550 g/mol. The summed E-state index contributed by atoms with van der Waals surface area (Å²) in [7, 11) is 10.3. The first-order valence-electron chi connectivity index (χ1n) is 7.52. The van der Waals surface area contributed by atoms with E-state index in [1.54, 1.807) is 42.3 Å². The van der Waals surface area contributed by atoms with Crippen molar-refractivity contribution >= 4 is 92.2 Å². The molecule has 0 heterocycles. The standard InChI is InChI=1S/3C4H9NO.3CNS.In/c3*1-4(6)5(2)3;3*2-1-3;/h3*1-3H3;;;;/q;;;3*-1;+3. The molecule has 0 bridgehead atoms. The zero-order valence-electron chi connectivity index (χ0n) is 17.7. The molecule has 0 aromatic heterocycles. The number of carbonyl (C=O) groups excluding carboxylic acids is 3. The second-order valence-electron chi connectivity index (χ2n) is 5.25. The van der Waals surface area contributed by atoms with Crippen LogP contribution in [0.25, 0.3) is 0 Å². The summed E-state index contributed by atoms with van der Waals surface area (Å²) in [5.74, 6) is 0.278. The van der Waals surface area contributed by atoms with E-state index in [9.17, 15) is 14.4 Å². The van der Waals surface area contributed by atoms with Crippen molar-refractivity contribution in [2.45, 2.75) is 20.8 Å². The van der Waals surface area contributed by atoms with Crippen molar-refractivity contribution in [3.8, 4) is 0 Å². The van der Waals surface area contributed by atoms with E-state index in [0.29, 0.717) is 0 Å². The Bertz CT molecular complexity index is 539. The number of hydrogen-bond donors (Lipinski definition) is 0. The van der Waals surface area contributed by atoms with Crippen molar-refractivity contribution < 1.29 is 14.4 Å². The predicted molar refractivity (Wildman–Crippen MR) is 124 cm³/mol. The summed E-state index contributed by atoms with van der Waals surface area (Å²) < 4.78 is 11.1. The van der Waals surface area contributed by atoms with E-state index in [1.165, 1.54) is 35.5 Å². The molecule has 156 valence electrons. The summed E-state index contributed by atoms with van der Waals surface area (Å²) in [5, 5.41) is 6.54. The fraction of sp³-hybridized carbons (Fsp3) is 0.600. The third kappa shape index (κ3) is 35.7. The molecule has 28 heavy (non-hydrogen) atoms. The fourth-order valence-electron chi connectivity index (χ4n) is 0.228. The monoisotopic (exact) mass is 550 g/mol. The number of amides is 3. The molecule has 0 aliphatic heterocycles. The third-order valence-electron chi connectivity index (χ3n) is 2.39. The normalized spacial score (nSPS) is 7.18. The van der Waals surface area contributed by atoms with Crippen molar-refractivity contribution in [2.75, 3.05) is 42.3 Å². The summed E-state index contributed by atoms with van der Waals surface area (Å²) in [6.07, 6.45) is 0. The van der Waals surface area contributed by atoms with E-state index >= 15 is 0 Å². The van der Waals surface area contributed by atoms with Crippen LogP contribution in [0.1, 0.15) is 20.8 Å². The average Bonchev–Trinajstić information content (AvgIpc) is 2.57. The number of nitrogens with zero attached hydrogens (tertiary/aromatic N) is 6. The van der Waals surface area contributed by atoms with E-state index < -0.39 is 22.3 Å². The van der Waals surface area contributed by atoms with E-state index in [1.807, 2.05) is 0 Å². The molecule has 0 aromatic rings. The molecule has 0 spiro atoms. The number of carbonyl (C=O) groups is 3. The van der Waals surface area contributed by atoms with E-state index in [-0.39, 0.29) is 17.7 Å². The number of thiocarbonyl (C=S) groups is 3. The number of rotatable bonds is 3. The van der Waals surface area contributed by atoms with Gasteiger partial charge in [-0.15, -0.1) is 0 Å². The van der Waals surface area contributed by atoms with Crippen molar-refractivity contribution in [2.24, 2.45) is 8.94 Å². The van der Waals surface area contributed by atoms with Crippen LogP contribution < -0.4 is 0 Å². The van der Waals surface area contributed by atoms with Gasteiger partial charge in [-0.25, -0.2) is 0 Å². The Hall–Kier alpha value is -1.32. The molecule has 13 heteroatoms. The van der Waals surface area contributed by atoms with Gasteiger partial charge in [-0.1, -0.05) is 0 Å². The fourth-order valence-corrected chi connectivity index (χ4v) is 3.43. The van der Waals surface area contributed by atoms with Gasteiger partial charge in [0, 0.05) is 63.1 Å². The molecule has 0 unspecified atom stereocenters. The zero-order valence-corrected chi connectivity index (χ0v) is 23.5. The minimum absolute atomic E-state index is 0.0926. The van der Waals surface area contributed by atoms with Crippen molar-refractivity contribution in [1.82, 2.24) is 14.7 Å². The second kappa shape index (κ2) is 23.7. The van der Waals surface area contributed by atoms with Gasteiger partial charge in [0.15, 0.2) is 0 Å². The van der Waals surface area contributed by atoms with Crippen molar-refractivity contribution in [1.29, 1.82) is 0 Å². The van der Waals surface area contributed by atoms with Gasteiger partial charge in [0.25, 0.3) is 0 Å². The third-order valence-corrected chi connectivity index (χ3v) is 7.40. The van der Waals surface area contributed by atoms with E-state index in [0.717, 1.165) is 0 Å². The van der Waals surface area contributed by atoms with Crippen LogP contribution in [0.2, 0.25) is 0 Å². The van der Waals surface area contributed by atoms with E-state index in [2.05, 4.69) is 61.1 Å². The van der Waals surface area contributed by atoms with Gasteiger partial charge in [0.2, 0.25) is 17.7 Å². The predicted octanol–water partition coefficient (Wildman–Crippen LogP) is 1.56. The summed E-state index contributed by atoms with van der Waals surface area (Å²) in [5.41, 5.74) is 0. The van der Waals surface area contributed by atoms with Crippen LogP contribution in [-0.4, -0.2) is 112 Å². The Morgan fingerprint density at radius 2 is 0.750 bits per heavy atom. The van der Waals surface area contributed by atoms with E-state index in [4.69, 9.17) is 0 Å². The van der Waals surface area contributed by atoms with Crippen LogP contribution in [0.3, 0.4) is 0 Å². The van der Waals surface area contributed by atoms with Gasteiger partial charge in [-0.3, -0.25) is 14.4 Å². The Balaban J connectivity index is -0.000000142. The molecular weight excluding hydrogens is 523 g/mol. The van der Waals surface area contributed by atoms with Crippen molar-refractivity contribution in [3.63, 3.8) is 0 Å². The molecule has 0 aliphatic carbocycles. The number of hydrogen-bond acceptors (Lipinski definition) is 9. The molecule has 0 radical (unpaired) electrons. The van der Waals surface area contributed by atoms with Crippen LogP contribution in [0.4, 0.5) is 0 Å². The molecular formula is C15H27InN6O3S3. The summed E-state index contributed by atoms with van der Waals surface area (Å²) >= 11 is 10.4. The first-order valence-corrected chi connectivity index (χ1v) is 13.2. The van der Waals surface area contributed by atoms with Crippen LogP contribution in [0.5, 0.6) is 0 Å². The first kappa shape index (κ1) is 34.2. The molecule has 0 aromatic carbocycles. The molecule has 0 fully saturated rings. The minimum atomic E-state index is -2.65. The Morgan fingerprint density at radius 1 is 0.607 bits per heavy atom. The Labute approximate surface area is 192 Å². The second-order valence-corrected chi connectivity index (χ2v) is 9.98. The molecule has 9 nitrogen and oxygen atoms in total. The quantitative estimate of drug-likeness (QED) is 0.391. The van der Waals surface area contributed by atoms with Gasteiger partial charge in [-0.2, -0.15) is 0 Å². The molecule has 0 atom stereocenters. The first-order chi connectivity index (χ1) is 12.8. The summed E-state index contributed by atoms with van der Waals surface area (Å²) in [6, 6.07) is 0. The topological polar surface area (TPSA) is 98.0 Å². The van der Waals surface area contributed by atoms with Crippen LogP contribution >= 0.6 is 36.7 Å². The molecule has 0 saturated heterocycles. The van der Waals surface area contributed by atoms with Crippen LogP contribution in [0, 0.1) is 0 Å². The van der Waals surface area contributed by atoms with Crippen LogP contribution in [-0.2, 0) is 14.4 Å². The summed E-state index contributed by atoms with van der Waals surface area (Å²) in [6.45, 7) is 4.58. The SMILES string of the molecule is CC(=O)N(C)C.CC(=O)N(C)C.CC(=O)N(C)C.S=C=[N][In]([N]=C=S)[N]=C=S. The van der Waals surface area contributed by atoms with Crippen molar-refractivity contribution in [3.05, 3.63) is 0 Å². The summed E-state index contributed by atoms with van der Waals surface area (Å²) in [4.78, 5) is 34.8.